The zero-order valence-corrected chi connectivity index (χ0v) is 13.6. The number of benzene rings is 1. The van der Waals surface area contributed by atoms with Gasteiger partial charge in [0.1, 0.15) is 0 Å². The predicted molar refractivity (Wildman–Crippen MR) is 81.9 cm³/mol. The van der Waals surface area contributed by atoms with Crippen LogP contribution < -0.4 is 0 Å². The van der Waals surface area contributed by atoms with Crippen molar-refractivity contribution in [3.63, 3.8) is 0 Å². The first-order valence-electron chi connectivity index (χ1n) is 6.81. The summed E-state index contributed by atoms with van der Waals surface area (Å²) in [4.78, 5) is 13.7. The smallest absolute Gasteiger partial charge is 0.253 e. The van der Waals surface area contributed by atoms with Crippen LogP contribution in [0.3, 0.4) is 0 Å². The van der Waals surface area contributed by atoms with Crippen LogP contribution in [-0.2, 0) is 10.8 Å². The molecule has 19 heavy (non-hydrogen) atoms. The molecule has 0 N–H and O–H groups in total. The molecule has 1 rings (SSSR count). The molecule has 0 aliphatic heterocycles. The van der Waals surface area contributed by atoms with Crippen LogP contribution >= 0.6 is 0 Å². The highest BCUT2D eigenvalue weighted by atomic mass is 16.2. The molecule has 0 spiro atoms. The minimum Gasteiger partial charge on any atom is -0.345 e. The Morgan fingerprint density at radius 3 is 1.74 bits per heavy atom. The maximum Gasteiger partial charge on any atom is 0.253 e. The lowest BCUT2D eigenvalue weighted by molar-refractivity contribution is 0.0827. The highest BCUT2D eigenvalue weighted by molar-refractivity contribution is 5.94. The SMILES string of the molecule is CN(C)C(=O)c1ccc(C(C)(C)C)c(C(C)(C)C)c1. The fourth-order valence-electron chi connectivity index (χ4n) is 2.21. The molecule has 0 radical (unpaired) electrons. The van der Waals surface area contributed by atoms with Gasteiger partial charge in [0, 0.05) is 19.7 Å². The van der Waals surface area contributed by atoms with Crippen LogP contribution in [0.4, 0.5) is 0 Å². The third-order valence-electron chi connectivity index (χ3n) is 3.29. The van der Waals surface area contributed by atoms with Gasteiger partial charge in [-0.25, -0.2) is 0 Å². The molecule has 2 heteroatoms. The second-order valence-corrected chi connectivity index (χ2v) is 7.46. The molecule has 0 aromatic heterocycles. The van der Waals surface area contributed by atoms with Gasteiger partial charge in [0.25, 0.3) is 5.91 Å². The van der Waals surface area contributed by atoms with Crippen molar-refractivity contribution in [3.8, 4) is 0 Å². The Morgan fingerprint density at radius 1 is 0.895 bits per heavy atom. The van der Waals surface area contributed by atoms with E-state index in [1.165, 1.54) is 11.1 Å². The summed E-state index contributed by atoms with van der Waals surface area (Å²) >= 11 is 0. The second kappa shape index (κ2) is 4.99. The zero-order valence-electron chi connectivity index (χ0n) is 13.6. The lowest BCUT2D eigenvalue weighted by Gasteiger charge is -2.30. The summed E-state index contributed by atoms with van der Waals surface area (Å²) in [7, 11) is 3.58. The van der Waals surface area contributed by atoms with Gasteiger partial charge in [0.15, 0.2) is 0 Å². The fourth-order valence-corrected chi connectivity index (χ4v) is 2.21. The molecule has 1 amide bonds. The van der Waals surface area contributed by atoms with Crippen molar-refractivity contribution in [3.05, 3.63) is 34.9 Å². The monoisotopic (exact) mass is 261 g/mol. The van der Waals surface area contributed by atoms with E-state index in [-0.39, 0.29) is 16.7 Å². The molecule has 0 bridgehead atoms. The number of nitrogens with zero attached hydrogens (tertiary/aromatic N) is 1. The van der Waals surface area contributed by atoms with Crippen molar-refractivity contribution in [1.29, 1.82) is 0 Å². The summed E-state index contributed by atoms with van der Waals surface area (Å²) in [5.41, 5.74) is 3.46. The lowest BCUT2D eigenvalue weighted by Crippen LogP contribution is -2.25. The van der Waals surface area contributed by atoms with Crippen LogP contribution in [0.1, 0.15) is 63.0 Å². The van der Waals surface area contributed by atoms with E-state index >= 15 is 0 Å². The topological polar surface area (TPSA) is 20.3 Å². The first-order chi connectivity index (χ1) is 8.44. The van der Waals surface area contributed by atoms with Crippen LogP contribution in [-0.4, -0.2) is 24.9 Å². The van der Waals surface area contributed by atoms with Gasteiger partial charge in [-0.1, -0.05) is 47.6 Å². The highest BCUT2D eigenvalue weighted by Crippen LogP contribution is 2.34. The predicted octanol–water partition coefficient (Wildman–Crippen LogP) is 3.98. The number of rotatable bonds is 1. The van der Waals surface area contributed by atoms with Gasteiger partial charge < -0.3 is 4.90 Å². The van der Waals surface area contributed by atoms with Crippen LogP contribution in [0, 0.1) is 0 Å². The summed E-state index contributed by atoms with van der Waals surface area (Å²) in [5, 5.41) is 0. The van der Waals surface area contributed by atoms with Crippen LogP contribution in [0.5, 0.6) is 0 Å². The Balaban J connectivity index is 3.45. The summed E-state index contributed by atoms with van der Waals surface area (Å²) in [5.74, 6) is 0.0611. The van der Waals surface area contributed by atoms with Gasteiger partial charge in [-0.2, -0.15) is 0 Å². The lowest BCUT2D eigenvalue weighted by atomic mass is 9.74. The molecule has 0 atom stereocenters. The molecular weight excluding hydrogens is 234 g/mol. The molecule has 0 fully saturated rings. The summed E-state index contributed by atoms with van der Waals surface area (Å²) in [6.07, 6.45) is 0. The Hall–Kier alpha value is -1.31. The third kappa shape index (κ3) is 3.59. The highest BCUT2D eigenvalue weighted by Gasteiger charge is 2.26. The zero-order chi connectivity index (χ0) is 15.0. The summed E-state index contributed by atoms with van der Waals surface area (Å²) < 4.78 is 0. The van der Waals surface area contributed by atoms with Crippen LogP contribution in [0.25, 0.3) is 0 Å². The number of hydrogen-bond acceptors (Lipinski definition) is 1. The minimum absolute atomic E-state index is 0.0330. The average Bonchev–Trinajstić information content (AvgIpc) is 2.24. The van der Waals surface area contributed by atoms with E-state index in [0.29, 0.717) is 0 Å². The van der Waals surface area contributed by atoms with Gasteiger partial charge >= 0.3 is 0 Å². The fraction of sp³-hybridized carbons (Fsp3) is 0.588. The van der Waals surface area contributed by atoms with Crippen LogP contribution in [0.2, 0.25) is 0 Å². The molecular formula is C17H27NO. The Kier molecular flexibility index (Phi) is 4.14. The molecule has 1 aromatic rings. The van der Waals surface area contributed by atoms with E-state index in [1.54, 1.807) is 19.0 Å². The minimum atomic E-state index is 0.0330. The number of hydrogen-bond donors (Lipinski definition) is 0. The van der Waals surface area contributed by atoms with Crippen molar-refractivity contribution in [1.82, 2.24) is 4.90 Å². The Labute approximate surface area is 117 Å². The molecule has 0 unspecified atom stereocenters. The summed E-state index contributed by atoms with van der Waals surface area (Å²) in [6, 6.07) is 6.11. The third-order valence-corrected chi connectivity index (χ3v) is 3.29. The number of amides is 1. The molecule has 0 saturated heterocycles. The van der Waals surface area contributed by atoms with E-state index in [9.17, 15) is 4.79 Å². The molecule has 106 valence electrons. The van der Waals surface area contributed by atoms with Crippen molar-refractivity contribution in [2.45, 2.75) is 52.4 Å². The first-order valence-corrected chi connectivity index (χ1v) is 6.81. The van der Waals surface area contributed by atoms with Gasteiger partial charge in [0.2, 0.25) is 0 Å². The van der Waals surface area contributed by atoms with Gasteiger partial charge in [0.05, 0.1) is 0 Å². The summed E-state index contributed by atoms with van der Waals surface area (Å²) in [6.45, 7) is 13.2. The van der Waals surface area contributed by atoms with E-state index in [1.807, 2.05) is 6.07 Å². The molecule has 0 saturated carbocycles. The van der Waals surface area contributed by atoms with Crippen molar-refractivity contribution >= 4 is 5.91 Å². The Morgan fingerprint density at radius 2 is 1.37 bits per heavy atom. The van der Waals surface area contributed by atoms with Crippen molar-refractivity contribution in [2.24, 2.45) is 0 Å². The normalized spacial score (nSPS) is 12.4. The molecule has 0 heterocycles. The van der Waals surface area contributed by atoms with Crippen molar-refractivity contribution < 1.29 is 4.79 Å². The first kappa shape index (κ1) is 15.7. The second-order valence-electron chi connectivity index (χ2n) is 7.46. The maximum absolute atomic E-state index is 12.1. The quantitative estimate of drug-likeness (QED) is 0.748. The van der Waals surface area contributed by atoms with Crippen molar-refractivity contribution in [2.75, 3.05) is 14.1 Å². The van der Waals surface area contributed by atoms with E-state index < -0.39 is 0 Å². The average molecular weight is 261 g/mol. The van der Waals surface area contributed by atoms with Gasteiger partial charge in [-0.15, -0.1) is 0 Å². The molecule has 1 aromatic carbocycles. The number of carbonyl (C=O) groups excluding carboxylic acids is 1. The van der Waals surface area contributed by atoms with E-state index in [4.69, 9.17) is 0 Å². The Bertz CT molecular complexity index is 473. The standard InChI is InChI=1S/C17H27NO/c1-16(2,3)13-10-9-12(15(19)18(7)8)11-14(13)17(4,5)6/h9-11H,1-8H3. The number of carbonyl (C=O) groups is 1. The van der Waals surface area contributed by atoms with Crippen LogP contribution in [0.15, 0.2) is 18.2 Å². The largest absolute Gasteiger partial charge is 0.345 e. The molecule has 2 nitrogen and oxygen atoms in total. The van der Waals surface area contributed by atoms with E-state index in [2.05, 4.69) is 53.7 Å². The van der Waals surface area contributed by atoms with Gasteiger partial charge in [-0.3, -0.25) is 4.79 Å². The molecule has 0 aliphatic carbocycles. The van der Waals surface area contributed by atoms with E-state index in [0.717, 1.165) is 5.56 Å². The van der Waals surface area contributed by atoms with Gasteiger partial charge in [-0.05, 0) is 34.1 Å². The molecule has 0 aliphatic rings. The maximum atomic E-state index is 12.1.